The van der Waals surface area contributed by atoms with Gasteiger partial charge in [-0.1, -0.05) is 17.7 Å². The Morgan fingerprint density at radius 2 is 2.00 bits per heavy atom. The van der Waals surface area contributed by atoms with Gasteiger partial charge in [0.2, 0.25) is 0 Å². The van der Waals surface area contributed by atoms with Gasteiger partial charge in [-0.15, -0.1) is 0 Å². The van der Waals surface area contributed by atoms with Crippen LogP contribution < -0.4 is 16.0 Å². The van der Waals surface area contributed by atoms with Crippen molar-refractivity contribution in [1.82, 2.24) is 19.1 Å². The zero-order valence-electron chi connectivity index (χ0n) is 15.2. The summed E-state index contributed by atoms with van der Waals surface area (Å²) in [5.41, 5.74) is -0.271. The van der Waals surface area contributed by atoms with Crippen molar-refractivity contribution in [2.45, 2.75) is 6.54 Å². The average Bonchev–Trinajstić information content (AvgIpc) is 2.70. The third-order valence-electron chi connectivity index (χ3n) is 4.40. The lowest BCUT2D eigenvalue weighted by Gasteiger charge is -2.15. The van der Waals surface area contributed by atoms with E-state index < -0.39 is 17.1 Å². The second-order valence-corrected chi connectivity index (χ2v) is 6.60. The molecule has 29 heavy (non-hydrogen) atoms. The zero-order valence-corrected chi connectivity index (χ0v) is 15.9. The van der Waals surface area contributed by atoms with Gasteiger partial charge in [0.1, 0.15) is 5.15 Å². The number of halogens is 2. The minimum atomic E-state index is -0.804. The van der Waals surface area contributed by atoms with Gasteiger partial charge in [-0.2, -0.15) is 4.98 Å². The van der Waals surface area contributed by atoms with E-state index in [0.29, 0.717) is 11.7 Å². The second-order valence-electron chi connectivity index (χ2n) is 6.22. The Labute approximate surface area is 169 Å². The molecule has 7 nitrogen and oxygen atoms in total. The molecule has 0 saturated carbocycles. The lowest BCUT2D eigenvalue weighted by atomic mass is 10.2. The molecule has 9 heteroatoms. The van der Waals surface area contributed by atoms with Gasteiger partial charge >= 0.3 is 5.69 Å². The first-order valence-corrected chi connectivity index (χ1v) is 8.92. The summed E-state index contributed by atoms with van der Waals surface area (Å²) in [6.45, 7) is 0.342. The summed E-state index contributed by atoms with van der Waals surface area (Å²) in [7, 11) is 1.33. The van der Waals surface area contributed by atoms with E-state index in [1.807, 2.05) is 0 Å². The van der Waals surface area contributed by atoms with Crippen molar-refractivity contribution < 1.29 is 9.13 Å². The number of aromatic nitrogens is 4. The molecule has 0 saturated heterocycles. The van der Waals surface area contributed by atoms with Crippen LogP contribution in [0.4, 0.5) is 4.39 Å². The minimum Gasteiger partial charge on any atom is -0.494 e. The molecule has 0 unspecified atom stereocenters. The lowest BCUT2D eigenvalue weighted by molar-refractivity contribution is 0.386. The highest BCUT2D eigenvalue weighted by Gasteiger charge is 2.19. The van der Waals surface area contributed by atoms with Gasteiger partial charge in [-0.25, -0.2) is 18.7 Å². The highest BCUT2D eigenvalue weighted by molar-refractivity contribution is 6.29. The Kier molecular flexibility index (Phi) is 4.85. The van der Waals surface area contributed by atoms with E-state index in [-0.39, 0.29) is 22.8 Å². The molecular weight excluding hydrogens is 399 g/mol. The third-order valence-corrected chi connectivity index (χ3v) is 4.63. The Balaban J connectivity index is 1.85. The molecule has 2 aliphatic heterocycles. The number of pyridine rings is 2. The maximum Gasteiger partial charge on any atom is 0.357 e. The summed E-state index contributed by atoms with van der Waals surface area (Å²) < 4.78 is 21.4. The van der Waals surface area contributed by atoms with E-state index in [1.165, 1.54) is 19.2 Å². The van der Waals surface area contributed by atoms with E-state index in [2.05, 4.69) is 9.97 Å². The fraction of sp³-hybridized carbons (Fsp3) is 0.100. The monoisotopic (exact) mass is 412 g/mol. The van der Waals surface area contributed by atoms with Crippen LogP contribution in [0, 0.1) is 5.82 Å². The summed E-state index contributed by atoms with van der Waals surface area (Å²) in [6, 6.07) is 10.5. The summed E-state index contributed by atoms with van der Waals surface area (Å²) in [6.07, 6.45) is 3.31. The van der Waals surface area contributed by atoms with Gasteiger partial charge in [-0.05, 0) is 35.9 Å². The van der Waals surface area contributed by atoms with Crippen molar-refractivity contribution >= 4 is 11.6 Å². The molecule has 1 aromatic heterocycles. The van der Waals surface area contributed by atoms with Crippen molar-refractivity contribution in [1.29, 1.82) is 0 Å². The molecule has 3 heterocycles. The van der Waals surface area contributed by atoms with Crippen molar-refractivity contribution in [2.75, 3.05) is 7.11 Å². The fourth-order valence-electron chi connectivity index (χ4n) is 3.03. The molecular formula is C20H14ClFN4O3. The second kappa shape index (κ2) is 7.48. The highest BCUT2D eigenvalue weighted by atomic mass is 35.5. The van der Waals surface area contributed by atoms with Gasteiger partial charge in [-0.3, -0.25) is 4.79 Å². The zero-order chi connectivity index (χ0) is 20.5. The molecule has 1 aromatic carbocycles. The maximum atomic E-state index is 14.1. The molecule has 0 fully saturated rings. The van der Waals surface area contributed by atoms with Gasteiger partial charge in [0, 0.05) is 18.5 Å². The molecule has 0 N–H and O–H groups in total. The summed E-state index contributed by atoms with van der Waals surface area (Å²) in [5, 5.41) is 0.367. The number of ether oxygens (including phenoxy) is 1. The quantitative estimate of drug-likeness (QED) is 0.481. The number of nitrogens with zero attached hydrogens (tertiary/aromatic N) is 4. The number of benzene rings is 1. The van der Waals surface area contributed by atoms with Gasteiger partial charge < -0.3 is 9.30 Å². The van der Waals surface area contributed by atoms with E-state index in [4.69, 9.17) is 16.3 Å². The van der Waals surface area contributed by atoms with Crippen LogP contribution in [-0.2, 0) is 6.54 Å². The Morgan fingerprint density at radius 1 is 1.17 bits per heavy atom. The van der Waals surface area contributed by atoms with Crippen LogP contribution in [0.15, 0.2) is 64.4 Å². The predicted octanol–water partition coefficient (Wildman–Crippen LogP) is 2.74. The normalized spacial score (nSPS) is 11.0. The third kappa shape index (κ3) is 3.50. The standard InChI is InChI=1S/C20H14ClFN4O3/c1-29-16-6-5-13(9-15(16)22)26-19(27)14-3-2-8-25(18(14)24-20(26)28)11-12-4-7-17(21)23-10-12/h2-10H,11H2,1H3. The Bertz CT molecular complexity index is 1280. The van der Waals surface area contributed by atoms with Crippen molar-refractivity contribution in [3.8, 4) is 22.8 Å². The minimum absolute atomic E-state index is 0.0115. The van der Waals surface area contributed by atoms with E-state index in [9.17, 15) is 14.0 Å². The number of methoxy groups -OCH3 is 1. The molecule has 146 valence electrons. The summed E-state index contributed by atoms with van der Waals surface area (Å²) in [4.78, 5) is 33.7. The van der Waals surface area contributed by atoms with Crippen molar-refractivity contribution in [2.24, 2.45) is 0 Å². The van der Waals surface area contributed by atoms with Crippen LogP contribution in [-0.4, -0.2) is 26.2 Å². The highest BCUT2D eigenvalue weighted by Crippen LogP contribution is 2.20. The van der Waals surface area contributed by atoms with Crippen LogP contribution in [0.25, 0.3) is 17.1 Å². The summed E-state index contributed by atoms with van der Waals surface area (Å²) >= 11 is 5.81. The van der Waals surface area contributed by atoms with Gasteiger partial charge in [0.25, 0.3) is 5.56 Å². The average molecular weight is 413 g/mol. The van der Waals surface area contributed by atoms with Crippen molar-refractivity contribution in [3.63, 3.8) is 0 Å². The summed E-state index contributed by atoms with van der Waals surface area (Å²) in [5.74, 6) is -0.449. The Hall–Kier alpha value is -3.52. The molecule has 0 amide bonds. The number of fused-ring (bicyclic) bond motifs is 1. The SMILES string of the molecule is COc1ccc(-n2c(=O)nc3n(Cc4ccc(Cl)nc4)cccc-3c2=O)cc1F. The molecule has 0 radical (unpaired) electrons. The van der Waals surface area contributed by atoms with Gasteiger partial charge in [0.15, 0.2) is 17.4 Å². The van der Waals surface area contributed by atoms with Crippen molar-refractivity contribution in [3.05, 3.63) is 92.2 Å². The van der Waals surface area contributed by atoms with Crippen LogP contribution in [0.2, 0.25) is 5.15 Å². The molecule has 0 atom stereocenters. The van der Waals surface area contributed by atoms with Gasteiger partial charge in [0.05, 0.1) is 24.9 Å². The molecule has 0 spiro atoms. The lowest BCUT2D eigenvalue weighted by Crippen LogP contribution is -2.36. The van der Waals surface area contributed by atoms with Crippen LogP contribution in [0.3, 0.4) is 0 Å². The maximum absolute atomic E-state index is 14.1. The van der Waals surface area contributed by atoms with Crippen LogP contribution >= 0.6 is 11.6 Å². The molecule has 4 rings (SSSR count). The Morgan fingerprint density at radius 3 is 2.69 bits per heavy atom. The molecule has 0 bridgehead atoms. The molecule has 2 aromatic rings. The van der Waals surface area contributed by atoms with Crippen LogP contribution in [0.1, 0.15) is 5.56 Å². The van der Waals surface area contributed by atoms with E-state index in [0.717, 1.165) is 16.2 Å². The largest absolute Gasteiger partial charge is 0.494 e. The first-order chi connectivity index (χ1) is 14.0. The predicted molar refractivity (Wildman–Crippen MR) is 106 cm³/mol. The topological polar surface area (TPSA) is 79.0 Å². The number of hydrogen-bond donors (Lipinski definition) is 0. The van der Waals surface area contributed by atoms with E-state index in [1.54, 1.807) is 41.2 Å². The molecule has 0 aliphatic carbocycles. The number of rotatable bonds is 4. The first-order valence-electron chi connectivity index (χ1n) is 8.54. The fourth-order valence-corrected chi connectivity index (χ4v) is 3.14. The van der Waals surface area contributed by atoms with E-state index >= 15 is 0 Å². The van der Waals surface area contributed by atoms with Crippen LogP contribution in [0.5, 0.6) is 5.75 Å². The number of hydrogen-bond acceptors (Lipinski definition) is 5. The first kappa shape index (κ1) is 18.8. The molecule has 2 aliphatic rings. The smallest absolute Gasteiger partial charge is 0.357 e.